The number of esters is 1. The summed E-state index contributed by atoms with van der Waals surface area (Å²) in [5.41, 5.74) is 0. The molecule has 1 N–H and O–H groups in total. The second-order valence-corrected chi connectivity index (χ2v) is 3.15. The Kier molecular flexibility index (Phi) is 3.91. The molecule has 0 aliphatic heterocycles. The number of carbonyl (C=O) groups is 2. The van der Waals surface area contributed by atoms with Crippen molar-refractivity contribution in [3.05, 3.63) is 24.2 Å². The zero-order valence-corrected chi connectivity index (χ0v) is 8.65. The number of amides is 1. The van der Waals surface area contributed by atoms with Crippen LogP contribution in [0.15, 0.2) is 22.8 Å². The van der Waals surface area contributed by atoms with Crippen LogP contribution in [-0.2, 0) is 20.7 Å². The second kappa shape index (κ2) is 5.19. The van der Waals surface area contributed by atoms with Crippen LogP contribution < -0.4 is 5.32 Å². The van der Waals surface area contributed by atoms with Gasteiger partial charge in [0.2, 0.25) is 0 Å². The summed E-state index contributed by atoms with van der Waals surface area (Å²) in [5.74, 6) is -0.870. The predicted octanol–water partition coefficient (Wildman–Crippen LogP) is 0.500. The largest absolute Gasteiger partial charge is 0.469 e. The van der Waals surface area contributed by atoms with Crippen molar-refractivity contribution in [1.82, 2.24) is 5.32 Å². The average Bonchev–Trinajstić information content (AvgIpc) is 2.68. The molecule has 1 rings (SSSR count). The predicted molar refractivity (Wildman–Crippen MR) is 52.0 cm³/mol. The Morgan fingerprint density at radius 3 is 2.87 bits per heavy atom. The number of carbonyl (C=O) groups excluding carboxylic acids is 2. The van der Waals surface area contributed by atoms with Gasteiger partial charge in [-0.3, -0.25) is 4.79 Å². The molecule has 0 spiro atoms. The first-order chi connectivity index (χ1) is 7.13. The van der Waals surface area contributed by atoms with Crippen LogP contribution in [-0.4, -0.2) is 25.0 Å². The molecule has 1 amide bonds. The lowest BCUT2D eigenvalue weighted by atomic mass is 10.2. The lowest BCUT2D eigenvalue weighted by molar-refractivity contribution is -0.153. The van der Waals surface area contributed by atoms with E-state index in [9.17, 15) is 9.59 Å². The van der Waals surface area contributed by atoms with E-state index in [1.54, 1.807) is 25.3 Å². The van der Waals surface area contributed by atoms with Crippen molar-refractivity contribution in [1.29, 1.82) is 0 Å². The van der Waals surface area contributed by atoms with Gasteiger partial charge in [0.05, 0.1) is 13.4 Å². The maximum Gasteiger partial charge on any atom is 0.396 e. The smallest absolute Gasteiger partial charge is 0.396 e. The normalized spacial score (nSPS) is 11.9. The van der Waals surface area contributed by atoms with Crippen molar-refractivity contribution in [2.75, 3.05) is 7.11 Å². The number of hydrogen-bond acceptors (Lipinski definition) is 4. The summed E-state index contributed by atoms with van der Waals surface area (Å²) in [5, 5.41) is 2.50. The Hall–Kier alpha value is -1.78. The van der Waals surface area contributed by atoms with Crippen LogP contribution in [0.5, 0.6) is 0 Å². The number of methoxy groups -OCH3 is 1. The van der Waals surface area contributed by atoms with Gasteiger partial charge in [0.25, 0.3) is 0 Å². The van der Waals surface area contributed by atoms with E-state index in [1.165, 1.54) is 7.11 Å². The molecule has 1 heterocycles. The minimum atomic E-state index is -0.888. The third kappa shape index (κ3) is 3.46. The Bertz CT molecular complexity index is 331. The fourth-order valence-electron chi connectivity index (χ4n) is 1.16. The van der Waals surface area contributed by atoms with Crippen molar-refractivity contribution in [2.24, 2.45) is 0 Å². The molecule has 5 nitrogen and oxygen atoms in total. The van der Waals surface area contributed by atoms with Gasteiger partial charge in [-0.05, 0) is 19.1 Å². The summed E-state index contributed by atoms with van der Waals surface area (Å²) in [7, 11) is 1.17. The Balaban J connectivity index is 2.39. The van der Waals surface area contributed by atoms with Gasteiger partial charge < -0.3 is 14.5 Å². The van der Waals surface area contributed by atoms with Gasteiger partial charge in [0, 0.05) is 12.5 Å². The summed E-state index contributed by atoms with van der Waals surface area (Å²) in [6.07, 6.45) is 2.10. The average molecular weight is 211 g/mol. The van der Waals surface area contributed by atoms with Gasteiger partial charge in [-0.2, -0.15) is 0 Å². The van der Waals surface area contributed by atoms with Crippen molar-refractivity contribution >= 4 is 11.9 Å². The molecule has 0 aromatic carbocycles. The molecule has 5 heteroatoms. The third-order valence-electron chi connectivity index (χ3n) is 1.84. The number of rotatable bonds is 3. The van der Waals surface area contributed by atoms with Crippen molar-refractivity contribution < 1.29 is 18.7 Å². The minimum absolute atomic E-state index is 0.178. The van der Waals surface area contributed by atoms with Gasteiger partial charge >= 0.3 is 11.9 Å². The van der Waals surface area contributed by atoms with E-state index in [4.69, 9.17) is 4.42 Å². The molecule has 0 radical (unpaired) electrons. The third-order valence-corrected chi connectivity index (χ3v) is 1.84. The van der Waals surface area contributed by atoms with E-state index in [-0.39, 0.29) is 6.04 Å². The molecule has 15 heavy (non-hydrogen) atoms. The molecule has 0 aliphatic carbocycles. The fourth-order valence-corrected chi connectivity index (χ4v) is 1.16. The summed E-state index contributed by atoms with van der Waals surface area (Å²) < 4.78 is 9.38. The SMILES string of the molecule is COC(=O)C(=O)NC(C)Cc1ccco1. The first-order valence-corrected chi connectivity index (χ1v) is 4.54. The number of furan rings is 1. The molecule has 1 aromatic heterocycles. The van der Waals surface area contributed by atoms with E-state index in [1.807, 2.05) is 0 Å². The summed E-state index contributed by atoms with van der Waals surface area (Å²) in [4.78, 5) is 21.9. The van der Waals surface area contributed by atoms with Crippen LogP contribution in [0.4, 0.5) is 0 Å². The molecule has 0 saturated carbocycles. The topological polar surface area (TPSA) is 68.5 Å². The summed E-state index contributed by atoms with van der Waals surface area (Å²) in [6, 6.07) is 3.40. The Morgan fingerprint density at radius 1 is 1.60 bits per heavy atom. The number of ether oxygens (including phenoxy) is 1. The summed E-state index contributed by atoms with van der Waals surface area (Å²) >= 11 is 0. The molecule has 1 unspecified atom stereocenters. The maximum atomic E-state index is 11.1. The first kappa shape index (κ1) is 11.3. The second-order valence-electron chi connectivity index (χ2n) is 3.15. The van der Waals surface area contributed by atoms with Crippen LogP contribution in [0.2, 0.25) is 0 Å². The van der Waals surface area contributed by atoms with Crippen molar-refractivity contribution in [2.45, 2.75) is 19.4 Å². The van der Waals surface area contributed by atoms with Crippen LogP contribution in [0, 0.1) is 0 Å². The van der Waals surface area contributed by atoms with E-state index in [0.29, 0.717) is 6.42 Å². The van der Waals surface area contributed by atoms with Crippen LogP contribution in [0.3, 0.4) is 0 Å². The molecule has 0 bridgehead atoms. The highest BCUT2D eigenvalue weighted by atomic mass is 16.5. The number of hydrogen-bond donors (Lipinski definition) is 1. The lowest BCUT2D eigenvalue weighted by Crippen LogP contribution is -2.39. The Morgan fingerprint density at radius 2 is 2.33 bits per heavy atom. The zero-order chi connectivity index (χ0) is 11.3. The molecule has 0 fully saturated rings. The van der Waals surface area contributed by atoms with Gasteiger partial charge in [-0.25, -0.2) is 4.79 Å². The molecule has 82 valence electrons. The van der Waals surface area contributed by atoms with Crippen molar-refractivity contribution in [3.8, 4) is 0 Å². The quantitative estimate of drug-likeness (QED) is 0.584. The Labute approximate surface area is 87.4 Å². The van der Waals surface area contributed by atoms with E-state index < -0.39 is 11.9 Å². The monoisotopic (exact) mass is 211 g/mol. The molecular formula is C10H13NO4. The molecule has 1 aromatic rings. The molecule has 0 saturated heterocycles. The first-order valence-electron chi connectivity index (χ1n) is 4.54. The van der Waals surface area contributed by atoms with Gasteiger partial charge in [-0.1, -0.05) is 0 Å². The lowest BCUT2D eigenvalue weighted by Gasteiger charge is -2.10. The highest BCUT2D eigenvalue weighted by Crippen LogP contribution is 2.03. The van der Waals surface area contributed by atoms with Crippen molar-refractivity contribution in [3.63, 3.8) is 0 Å². The fraction of sp³-hybridized carbons (Fsp3) is 0.400. The minimum Gasteiger partial charge on any atom is -0.469 e. The van der Waals surface area contributed by atoms with Gasteiger partial charge in [0.15, 0.2) is 0 Å². The van der Waals surface area contributed by atoms with E-state index in [0.717, 1.165) is 5.76 Å². The van der Waals surface area contributed by atoms with Gasteiger partial charge in [-0.15, -0.1) is 0 Å². The van der Waals surface area contributed by atoms with E-state index >= 15 is 0 Å². The van der Waals surface area contributed by atoms with Crippen LogP contribution in [0.1, 0.15) is 12.7 Å². The molecular weight excluding hydrogens is 198 g/mol. The number of nitrogens with one attached hydrogen (secondary N) is 1. The van der Waals surface area contributed by atoms with E-state index in [2.05, 4.69) is 10.1 Å². The standard InChI is InChI=1S/C10H13NO4/c1-7(6-8-4-3-5-15-8)11-9(12)10(13)14-2/h3-5,7H,6H2,1-2H3,(H,11,12). The van der Waals surface area contributed by atoms with Crippen LogP contribution in [0.25, 0.3) is 0 Å². The van der Waals surface area contributed by atoms with Crippen LogP contribution >= 0.6 is 0 Å². The molecule has 0 aliphatic rings. The highest BCUT2D eigenvalue weighted by molar-refractivity contribution is 6.32. The zero-order valence-electron chi connectivity index (χ0n) is 8.65. The molecule has 1 atom stereocenters. The maximum absolute atomic E-state index is 11.1. The highest BCUT2D eigenvalue weighted by Gasteiger charge is 2.16. The summed E-state index contributed by atoms with van der Waals surface area (Å²) in [6.45, 7) is 1.78. The van der Waals surface area contributed by atoms with Gasteiger partial charge in [0.1, 0.15) is 5.76 Å².